The van der Waals surface area contributed by atoms with Crippen LogP contribution in [-0.4, -0.2) is 17.4 Å². The number of carbonyl (C=O) groups is 1. The molecule has 18 heavy (non-hydrogen) atoms. The van der Waals surface area contributed by atoms with Crippen molar-refractivity contribution in [1.82, 2.24) is 4.90 Å². The summed E-state index contributed by atoms with van der Waals surface area (Å²) < 4.78 is 0. The summed E-state index contributed by atoms with van der Waals surface area (Å²) in [7, 11) is 0. The van der Waals surface area contributed by atoms with Crippen LogP contribution in [0.2, 0.25) is 0 Å². The van der Waals surface area contributed by atoms with E-state index in [1.54, 1.807) is 12.1 Å². The first-order valence-electron chi connectivity index (χ1n) is 6.48. The summed E-state index contributed by atoms with van der Waals surface area (Å²) >= 11 is 0. The predicted molar refractivity (Wildman–Crippen MR) is 69.7 cm³/mol. The van der Waals surface area contributed by atoms with Gasteiger partial charge in [0.1, 0.15) is 0 Å². The molecule has 0 bridgehead atoms. The zero-order valence-corrected chi connectivity index (χ0v) is 10.9. The van der Waals surface area contributed by atoms with Gasteiger partial charge in [-0.3, -0.25) is 4.79 Å². The van der Waals surface area contributed by atoms with Gasteiger partial charge in [-0.2, -0.15) is 5.26 Å². The Balaban J connectivity index is 2.14. The molecule has 3 heteroatoms. The Morgan fingerprint density at radius 3 is 2.50 bits per heavy atom. The second-order valence-corrected chi connectivity index (χ2v) is 4.81. The fourth-order valence-corrected chi connectivity index (χ4v) is 2.20. The van der Waals surface area contributed by atoms with Gasteiger partial charge >= 0.3 is 0 Å². The first-order chi connectivity index (χ1) is 8.67. The molecule has 0 saturated heterocycles. The van der Waals surface area contributed by atoms with Crippen LogP contribution in [0.3, 0.4) is 0 Å². The summed E-state index contributed by atoms with van der Waals surface area (Å²) in [5, 5.41) is 8.78. The molecule has 0 radical (unpaired) electrons. The molecule has 0 heterocycles. The molecule has 1 aromatic carbocycles. The molecule has 0 aliphatic heterocycles. The van der Waals surface area contributed by atoms with Crippen molar-refractivity contribution in [2.24, 2.45) is 5.92 Å². The van der Waals surface area contributed by atoms with E-state index in [4.69, 9.17) is 5.26 Å². The molecule has 0 N–H and O–H groups in total. The molecule has 3 nitrogen and oxygen atoms in total. The van der Waals surface area contributed by atoms with Gasteiger partial charge in [0.05, 0.1) is 17.7 Å². The van der Waals surface area contributed by atoms with E-state index in [0.717, 1.165) is 24.9 Å². The van der Waals surface area contributed by atoms with Crippen molar-refractivity contribution >= 4 is 5.91 Å². The Morgan fingerprint density at radius 2 is 2.06 bits per heavy atom. The third-order valence-electron chi connectivity index (χ3n) is 3.54. The van der Waals surface area contributed by atoms with Crippen molar-refractivity contribution in [3.63, 3.8) is 0 Å². The third-order valence-corrected chi connectivity index (χ3v) is 3.54. The molecular formula is C15H18N2O. The Labute approximate surface area is 108 Å². The zero-order valence-electron chi connectivity index (χ0n) is 10.9. The molecule has 1 fully saturated rings. The fraction of sp³-hybridized carbons (Fsp3) is 0.467. The first-order valence-corrected chi connectivity index (χ1v) is 6.48. The van der Waals surface area contributed by atoms with Crippen LogP contribution in [0.4, 0.5) is 0 Å². The molecule has 2 rings (SSSR count). The van der Waals surface area contributed by atoms with E-state index in [-0.39, 0.29) is 17.9 Å². The Hall–Kier alpha value is -1.82. The first kappa shape index (κ1) is 12.6. The van der Waals surface area contributed by atoms with Gasteiger partial charge in [-0.25, -0.2) is 0 Å². The van der Waals surface area contributed by atoms with Crippen LogP contribution < -0.4 is 0 Å². The van der Waals surface area contributed by atoms with Gasteiger partial charge in [-0.1, -0.05) is 12.1 Å². The maximum Gasteiger partial charge on any atom is 0.226 e. The van der Waals surface area contributed by atoms with Crippen LogP contribution >= 0.6 is 0 Å². The third kappa shape index (κ3) is 2.53. The van der Waals surface area contributed by atoms with Crippen LogP contribution in [0.25, 0.3) is 0 Å². The van der Waals surface area contributed by atoms with Gasteiger partial charge in [0.15, 0.2) is 0 Å². The highest BCUT2D eigenvalue weighted by molar-refractivity contribution is 5.81. The van der Waals surface area contributed by atoms with Crippen molar-refractivity contribution in [2.75, 3.05) is 6.54 Å². The number of hydrogen-bond donors (Lipinski definition) is 0. The molecular weight excluding hydrogens is 224 g/mol. The van der Waals surface area contributed by atoms with Gasteiger partial charge in [0.2, 0.25) is 5.91 Å². The van der Waals surface area contributed by atoms with E-state index in [9.17, 15) is 4.79 Å². The number of benzene rings is 1. The number of carbonyl (C=O) groups excluding carboxylic acids is 1. The lowest BCUT2D eigenvalue weighted by atomic mass is 10.0. The van der Waals surface area contributed by atoms with Crippen LogP contribution in [0.5, 0.6) is 0 Å². The largest absolute Gasteiger partial charge is 0.336 e. The lowest BCUT2D eigenvalue weighted by Crippen LogP contribution is -2.34. The maximum absolute atomic E-state index is 12.1. The van der Waals surface area contributed by atoms with E-state index in [1.165, 1.54) is 0 Å². The topological polar surface area (TPSA) is 44.1 Å². The molecule has 1 aliphatic carbocycles. The molecule has 1 amide bonds. The molecule has 1 aliphatic rings. The van der Waals surface area contributed by atoms with E-state index in [0.29, 0.717) is 5.56 Å². The SMILES string of the molecule is CCN(C(=O)C1CC1)[C@@H](C)c1ccc(C#N)cc1. The van der Waals surface area contributed by atoms with Crippen molar-refractivity contribution in [3.8, 4) is 6.07 Å². The van der Waals surface area contributed by atoms with Crippen molar-refractivity contribution in [1.29, 1.82) is 5.26 Å². The van der Waals surface area contributed by atoms with Crippen LogP contribution in [-0.2, 0) is 4.79 Å². The smallest absolute Gasteiger partial charge is 0.226 e. The minimum absolute atomic E-state index is 0.0795. The molecule has 0 spiro atoms. The standard InChI is InChI=1S/C15H18N2O/c1-3-17(15(18)14-8-9-14)11(2)13-6-4-12(10-16)5-7-13/h4-7,11,14H,3,8-9H2,1-2H3/t11-/m0/s1. The Bertz CT molecular complexity index is 468. The molecule has 1 saturated carbocycles. The quantitative estimate of drug-likeness (QED) is 0.814. The lowest BCUT2D eigenvalue weighted by molar-refractivity contribution is -0.134. The van der Waals surface area contributed by atoms with Gasteiger partial charge in [-0.15, -0.1) is 0 Å². The van der Waals surface area contributed by atoms with E-state index < -0.39 is 0 Å². The van der Waals surface area contributed by atoms with Gasteiger partial charge in [0, 0.05) is 12.5 Å². The van der Waals surface area contributed by atoms with Crippen molar-refractivity contribution in [3.05, 3.63) is 35.4 Å². The van der Waals surface area contributed by atoms with Gasteiger partial charge in [0.25, 0.3) is 0 Å². The summed E-state index contributed by atoms with van der Waals surface area (Å²) in [5.74, 6) is 0.528. The second kappa shape index (κ2) is 5.22. The summed E-state index contributed by atoms with van der Waals surface area (Å²) in [4.78, 5) is 14.1. The minimum Gasteiger partial charge on any atom is -0.336 e. The summed E-state index contributed by atoms with van der Waals surface area (Å²) in [6, 6.07) is 9.67. The number of amides is 1. The number of rotatable bonds is 4. The van der Waals surface area contributed by atoms with E-state index in [1.807, 2.05) is 30.9 Å². The van der Waals surface area contributed by atoms with E-state index >= 15 is 0 Å². The normalized spacial score (nSPS) is 15.8. The van der Waals surface area contributed by atoms with Crippen LogP contribution in [0.15, 0.2) is 24.3 Å². The fourth-order valence-electron chi connectivity index (χ4n) is 2.20. The van der Waals surface area contributed by atoms with Gasteiger partial charge in [-0.05, 0) is 44.4 Å². The average Bonchev–Trinajstić information content (AvgIpc) is 3.23. The number of nitriles is 1. The van der Waals surface area contributed by atoms with Crippen molar-refractivity contribution in [2.45, 2.75) is 32.7 Å². The predicted octanol–water partition coefficient (Wildman–Crippen LogP) is 2.88. The van der Waals surface area contributed by atoms with E-state index in [2.05, 4.69) is 6.07 Å². The number of nitrogens with zero attached hydrogens (tertiary/aromatic N) is 2. The highest BCUT2D eigenvalue weighted by atomic mass is 16.2. The Kier molecular flexibility index (Phi) is 3.66. The average molecular weight is 242 g/mol. The lowest BCUT2D eigenvalue weighted by Gasteiger charge is -2.28. The summed E-state index contributed by atoms with van der Waals surface area (Å²) in [6.45, 7) is 4.79. The highest BCUT2D eigenvalue weighted by Crippen LogP contribution is 2.33. The summed E-state index contributed by atoms with van der Waals surface area (Å²) in [6.07, 6.45) is 2.07. The maximum atomic E-state index is 12.1. The van der Waals surface area contributed by atoms with Gasteiger partial charge < -0.3 is 4.90 Å². The highest BCUT2D eigenvalue weighted by Gasteiger charge is 2.34. The summed E-state index contributed by atoms with van der Waals surface area (Å²) in [5.41, 5.74) is 1.74. The molecule has 1 aromatic rings. The molecule has 0 unspecified atom stereocenters. The molecule has 1 atom stereocenters. The van der Waals surface area contributed by atoms with Crippen LogP contribution in [0, 0.1) is 17.2 Å². The minimum atomic E-state index is 0.0795. The number of hydrogen-bond acceptors (Lipinski definition) is 2. The second-order valence-electron chi connectivity index (χ2n) is 4.81. The Morgan fingerprint density at radius 1 is 1.44 bits per heavy atom. The van der Waals surface area contributed by atoms with Crippen LogP contribution in [0.1, 0.15) is 43.9 Å². The van der Waals surface area contributed by atoms with Crippen molar-refractivity contribution < 1.29 is 4.79 Å². The monoisotopic (exact) mass is 242 g/mol. The molecule has 0 aromatic heterocycles. The molecule has 94 valence electrons. The zero-order chi connectivity index (χ0) is 13.1.